The third-order valence-electron chi connectivity index (χ3n) is 2.79. The van der Waals surface area contributed by atoms with E-state index in [0.717, 1.165) is 6.42 Å². The molecule has 0 aliphatic rings. The summed E-state index contributed by atoms with van der Waals surface area (Å²) in [6, 6.07) is 1.80. The van der Waals surface area contributed by atoms with E-state index in [4.69, 9.17) is 0 Å². The van der Waals surface area contributed by atoms with Gasteiger partial charge in [-0.3, -0.25) is 14.2 Å². The lowest BCUT2D eigenvalue weighted by atomic mass is 10.1. The quantitative estimate of drug-likeness (QED) is 0.904. The number of hydrogen-bond donors (Lipinski definition) is 1. The van der Waals surface area contributed by atoms with Gasteiger partial charge < -0.3 is 5.32 Å². The zero-order valence-corrected chi connectivity index (χ0v) is 11.9. The molecule has 2 heterocycles. The number of thiophene rings is 1. The van der Waals surface area contributed by atoms with Crippen molar-refractivity contribution in [2.75, 3.05) is 6.54 Å². The summed E-state index contributed by atoms with van der Waals surface area (Å²) in [7, 11) is 0. The number of aromatic nitrogens is 2. The van der Waals surface area contributed by atoms with Crippen LogP contribution in [-0.2, 0) is 11.3 Å². The fraction of sp³-hybridized carbons (Fsp3) is 0.462. The molecule has 6 heteroatoms. The molecule has 0 aliphatic heterocycles. The molecule has 1 amide bonds. The summed E-state index contributed by atoms with van der Waals surface area (Å²) in [6.07, 6.45) is 2.36. The van der Waals surface area contributed by atoms with Crippen molar-refractivity contribution in [2.45, 2.75) is 26.8 Å². The summed E-state index contributed by atoms with van der Waals surface area (Å²) >= 11 is 1.35. The van der Waals surface area contributed by atoms with Crippen LogP contribution in [-0.4, -0.2) is 22.0 Å². The average Bonchev–Trinajstić information content (AvgIpc) is 2.81. The topological polar surface area (TPSA) is 64.0 Å². The third kappa shape index (κ3) is 3.41. The maximum absolute atomic E-state index is 12.1. The molecule has 0 saturated carbocycles. The first kappa shape index (κ1) is 13.7. The Kier molecular flexibility index (Phi) is 4.31. The third-order valence-corrected chi connectivity index (χ3v) is 3.69. The highest BCUT2D eigenvalue weighted by Crippen LogP contribution is 2.12. The maximum Gasteiger partial charge on any atom is 0.271 e. The molecule has 0 fully saturated rings. The minimum absolute atomic E-state index is 0.0256. The molecule has 102 valence electrons. The molecule has 2 rings (SSSR count). The lowest BCUT2D eigenvalue weighted by Crippen LogP contribution is -2.33. The van der Waals surface area contributed by atoms with Crippen LogP contribution in [0.2, 0.25) is 0 Å². The molecular formula is C13H17N3O2S. The smallest absolute Gasteiger partial charge is 0.271 e. The van der Waals surface area contributed by atoms with Gasteiger partial charge in [-0.1, -0.05) is 13.8 Å². The zero-order valence-electron chi connectivity index (χ0n) is 11.0. The monoisotopic (exact) mass is 279 g/mol. The van der Waals surface area contributed by atoms with Crippen LogP contribution in [0, 0.1) is 5.92 Å². The SMILES string of the molecule is CC(C)CCNC(=O)Cn1cnc2ccsc2c1=O. The first-order valence-electron chi connectivity index (χ1n) is 6.27. The van der Waals surface area contributed by atoms with Gasteiger partial charge in [-0.25, -0.2) is 4.98 Å². The number of nitrogens with zero attached hydrogens (tertiary/aromatic N) is 2. The van der Waals surface area contributed by atoms with Crippen molar-refractivity contribution in [3.05, 3.63) is 28.1 Å². The van der Waals surface area contributed by atoms with E-state index < -0.39 is 0 Å². The highest BCUT2D eigenvalue weighted by molar-refractivity contribution is 7.17. The highest BCUT2D eigenvalue weighted by Gasteiger charge is 2.08. The van der Waals surface area contributed by atoms with Gasteiger partial charge in [0.15, 0.2) is 0 Å². The number of carbonyl (C=O) groups is 1. The predicted octanol–water partition coefficient (Wildman–Crippen LogP) is 1.62. The van der Waals surface area contributed by atoms with Crippen molar-refractivity contribution < 1.29 is 4.79 Å². The average molecular weight is 279 g/mol. The summed E-state index contributed by atoms with van der Waals surface area (Å²) in [5, 5.41) is 4.63. The largest absolute Gasteiger partial charge is 0.355 e. The number of fused-ring (bicyclic) bond motifs is 1. The Morgan fingerprint density at radius 1 is 1.53 bits per heavy atom. The van der Waals surface area contributed by atoms with Crippen LogP contribution >= 0.6 is 11.3 Å². The summed E-state index contributed by atoms with van der Waals surface area (Å²) in [5.74, 6) is 0.396. The summed E-state index contributed by atoms with van der Waals surface area (Å²) in [5.41, 5.74) is 0.533. The van der Waals surface area contributed by atoms with Crippen molar-refractivity contribution in [3.8, 4) is 0 Å². The van der Waals surface area contributed by atoms with E-state index in [1.54, 1.807) is 6.07 Å². The van der Waals surface area contributed by atoms with Crippen molar-refractivity contribution in [3.63, 3.8) is 0 Å². The number of carbonyl (C=O) groups excluding carboxylic acids is 1. The van der Waals surface area contributed by atoms with E-state index in [-0.39, 0.29) is 18.0 Å². The van der Waals surface area contributed by atoms with Gasteiger partial charge in [-0.2, -0.15) is 0 Å². The van der Waals surface area contributed by atoms with Crippen molar-refractivity contribution >= 4 is 27.5 Å². The molecule has 0 bridgehead atoms. The van der Waals surface area contributed by atoms with Crippen LogP contribution in [0.5, 0.6) is 0 Å². The van der Waals surface area contributed by atoms with E-state index in [1.165, 1.54) is 22.2 Å². The first-order chi connectivity index (χ1) is 9.08. The van der Waals surface area contributed by atoms with Gasteiger partial charge in [0.05, 0.1) is 11.8 Å². The Bertz CT molecular complexity index is 630. The lowest BCUT2D eigenvalue weighted by molar-refractivity contribution is -0.121. The lowest BCUT2D eigenvalue weighted by Gasteiger charge is -2.08. The summed E-state index contributed by atoms with van der Waals surface area (Å²) in [6.45, 7) is 4.87. The van der Waals surface area contributed by atoms with Crippen LogP contribution in [0.4, 0.5) is 0 Å². The van der Waals surface area contributed by atoms with Gasteiger partial charge >= 0.3 is 0 Å². The fourth-order valence-corrected chi connectivity index (χ4v) is 2.50. The normalized spacial score (nSPS) is 11.1. The van der Waals surface area contributed by atoms with Crippen LogP contribution in [0.1, 0.15) is 20.3 Å². The molecule has 0 spiro atoms. The Morgan fingerprint density at radius 2 is 2.32 bits per heavy atom. The first-order valence-corrected chi connectivity index (χ1v) is 7.15. The Hall–Kier alpha value is -1.69. The molecule has 2 aromatic heterocycles. The molecule has 0 unspecified atom stereocenters. The van der Waals surface area contributed by atoms with E-state index >= 15 is 0 Å². The van der Waals surface area contributed by atoms with Gasteiger partial charge in [0.25, 0.3) is 5.56 Å². The maximum atomic E-state index is 12.1. The second-order valence-electron chi connectivity index (χ2n) is 4.85. The standard InChI is InChI=1S/C13H17N3O2S/c1-9(2)3-5-14-11(17)7-16-8-15-10-4-6-19-12(10)13(16)18/h4,6,8-9H,3,5,7H2,1-2H3,(H,14,17). The second-order valence-corrected chi connectivity index (χ2v) is 5.76. The van der Waals surface area contributed by atoms with Gasteiger partial charge in [0, 0.05) is 6.54 Å². The van der Waals surface area contributed by atoms with Crippen molar-refractivity contribution in [1.82, 2.24) is 14.9 Å². The molecule has 2 aromatic rings. The molecule has 0 radical (unpaired) electrons. The fourth-order valence-electron chi connectivity index (χ4n) is 1.70. The van der Waals surface area contributed by atoms with Crippen LogP contribution in [0.15, 0.2) is 22.6 Å². The van der Waals surface area contributed by atoms with E-state index in [1.807, 2.05) is 5.38 Å². The van der Waals surface area contributed by atoms with Crippen LogP contribution < -0.4 is 10.9 Å². The van der Waals surface area contributed by atoms with Crippen molar-refractivity contribution in [2.24, 2.45) is 5.92 Å². The Morgan fingerprint density at radius 3 is 3.05 bits per heavy atom. The zero-order chi connectivity index (χ0) is 13.8. The molecule has 19 heavy (non-hydrogen) atoms. The molecule has 1 N–H and O–H groups in total. The van der Waals surface area contributed by atoms with Crippen LogP contribution in [0.25, 0.3) is 10.2 Å². The highest BCUT2D eigenvalue weighted by atomic mass is 32.1. The van der Waals surface area contributed by atoms with E-state index in [0.29, 0.717) is 22.7 Å². The number of rotatable bonds is 5. The van der Waals surface area contributed by atoms with E-state index in [2.05, 4.69) is 24.1 Å². The van der Waals surface area contributed by atoms with E-state index in [9.17, 15) is 9.59 Å². The minimum atomic E-state index is -0.154. The summed E-state index contributed by atoms with van der Waals surface area (Å²) < 4.78 is 1.95. The Labute approximate surface area is 115 Å². The number of hydrogen-bond acceptors (Lipinski definition) is 4. The predicted molar refractivity (Wildman–Crippen MR) is 76.3 cm³/mol. The van der Waals surface area contributed by atoms with Gasteiger partial charge in [-0.05, 0) is 23.8 Å². The number of amides is 1. The summed E-state index contributed by atoms with van der Waals surface area (Å²) in [4.78, 5) is 27.9. The molecule has 0 aliphatic carbocycles. The van der Waals surface area contributed by atoms with Gasteiger partial charge in [0.2, 0.25) is 5.91 Å². The molecule has 0 saturated heterocycles. The molecular weight excluding hydrogens is 262 g/mol. The molecule has 0 aromatic carbocycles. The Balaban J connectivity index is 2.03. The molecule has 5 nitrogen and oxygen atoms in total. The molecule has 0 atom stereocenters. The minimum Gasteiger partial charge on any atom is -0.355 e. The second kappa shape index (κ2) is 5.97. The van der Waals surface area contributed by atoms with Gasteiger partial charge in [0.1, 0.15) is 11.2 Å². The van der Waals surface area contributed by atoms with Crippen LogP contribution in [0.3, 0.4) is 0 Å². The number of nitrogens with one attached hydrogen (secondary N) is 1. The van der Waals surface area contributed by atoms with Crippen molar-refractivity contribution in [1.29, 1.82) is 0 Å². The van der Waals surface area contributed by atoms with Gasteiger partial charge in [-0.15, -0.1) is 11.3 Å².